The molecule has 15 heteroatoms. The first-order valence-electron chi connectivity index (χ1n) is 18.9. The zero-order chi connectivity index (χ0) is 41.4. The zero-order valence-corrected chi connectivity index (χ0v) is 33.4. The number of nitrogens with one attached hydrogen (secondary N) is 1. The normalized spacial score (nSPS) is 34.6. The van der Waals surface area contributed by atoms with Gasteiger partial charge in [0.15, 0.2) is 5.78 Å². The third kappa shape index (κ3) is 7.96. The summed E-state index contributed by atoms with van der Waals surface area (Å²) in [5.74, 6) is -8.58. The van der Waals surface area contributed by atoms with Crippen molar-refractivity contribution in [1.29, 1.82) is 0 Å². The highest BCUT2D eigenvalue weighted by Crippen LogP contribution is 2.48. The maximum atomic E-state index is 14.6. The Hall–Kier alpha value is -4.67. The standard InChI is InChI=1S/C41H54N4O11/c1-20-11-10-12-21(2)40(53)43-31-26(19-42-45-16-14-44(8)15-17-45)36(50)28-29(37(31)51)35(49)25(6)38-30(28)39(52)41(7,56-38)55-18-13-27(54-9)22(3)33(47)24(5)34(48)23(4)32(20)46/h10-13,18-20,22-24,27,32-34,46-49H,14-17H2,1-9H3,(H,43,53)/b11-10-,18-13-,21-12-,42-19+/t20-,22+,23+,24-,27-,32-,33+,34+,41-/m0/s1. The van der Waals surface area contributed by atoms with Crippen molar-refractivity contribution in [3.8, 4) is 11.5 Å². The minimum Gasteiger partial charge on any atom is -0.507 e. The maximum Gasteiger partial charge on any atom is 0.312 e. The quantitative estimate of drug-likeness (QED) is 0.280. The number of phenolic OH excluding ortho intramolecular Hbond substituents is 1. The van der Waals surface area contributed by atoms with E-state index in [2.05, 4.69) is 15.3 Å². The first kappa shape index (κ1) is 42.5. The number of nitrogens with zero attached hydrogens (tertiary/aromatic N) is 3. The van der Waals surface area contributed by atoms with Crippen molar-refractivity contribution in [2.75, 3.05) is 40.3 Å². The number of carbonyl (C=O) groups excluding carboxylic acids is 4. The number of methoxy groups -OCH3 is 1. The van der Waals surface area contributed by atoms with Gasteiger partial charge in [-0.3, -0.25) is 24.2 Å². The number of fused-ring (bicyclic) bond motifs is 14. The van der Waals surface area contributed by atoms with E-state index in [0.29, 0.717) is 26.2 Å². The van der Waals surface area contributed by atoms with Gasteiger partial charge in [-0.25, -0.2) is 0 Å². The molecule has 1 fully saturated rings. The van der Waals surface area contributed by atoms with Gasteiger partial charge in [0.1, 0.15) is 17.2 Å². The van der Waals surface area contributed by atoms with Gasteiger partial charge < -0.3 is 44.9 Å². The molecular formula is C41H54N4O11. The van der Waals surface area contributed by atoms with E-state index in [4.69, 9.17) is 14.2 Å². The van der Waals surface area contributed by atoms with Gasteiger partial charge in [0, 0.05) is 75.0 Å². The van der Waals surface area contributed by atoms with E-state index in [0.717, 1.165) is 0 Å². The number of benzene rings is 1. The number of phenols is 1. The van der Waals surface area contributed by atoms with Gasteiger partial charge in [-0.05, 0) is 27.0 Å². The van der Waals surface area contributed by atoms with Gasteiger partial charge in [-0.15, -0.1) is 0 Å². The molecule has 304 valence electrons. The Morgan fingerprint density at radius 1 is 0.893 bits per heavy atom. The Balaban J connectivity index is 1.65. The molecule has 1 aromatic rings. The predicted octanol–water partition coefficient (Wildman–Crippen LogP) is 2.66. The average molecular weight is 779 g/mol. The number of hydrazone groups is 1. The number of aromatic hydroxyl groups is 1. The molecule has 5 N–H and O–H groups in total. The third-order valence-electron chi connectivity index (χ3n) is 11.6. The van der Waals surface area contributed by atoms with E-state index in [1.165, 1.54) is 52.5 Å². The van der Waals surface area contributed by atoms with E-state index in [1.807, 2.05) is 7.05 Å². The van der Waals surface area contributed by atoms with E-state index < -0.39 is 99.7 Å². The maximum absolute atomic E-state index is 14.6. The summed E-state index contributed by atoms with van der Waals surface area (Å²) in [6, 6.07) is 0. The topological polar surface area (TPSA) is 208 Å². The summed E-state index contributed by atoms with van der Waals surface area (Å²) in [5, 5.41) is 54.0. The summed E-state index contributed by atoms with van der Waals surface area (Å²) in [4.78, 5) is 59.0. The van der Waals surface area contributed by atoms with Crippen LogP contribution in [0.2, 0.25) is 0 Å². The summed E-state index contributed by atoms with van der Waals surface area (Å²) in [6.45, 7) is 13.5. The fourth-order valence-corrected chi connectivity index (χ4v) is 7.50. The van der Waals surface area contributed by atoms with Crippen LogP contribution in [0.4, 0.5) is 0 Å². The highest BCUT2D eigenvalue weighted by atomic mass is 16.7. The molecule has 0 spiro atoms. The summed E-state index contributed by atoms with van der Waals surface area (Å²) in [5.41, 5.74) is -1.73. The molecule has 1 amide bonds. The van der Waals surface area contributed by atoms with Gasteiger partial charge >= 0.3 is 5.79 Å². The number of aliphatic hydroxyl groups excluding tert-OH is 3. The van der Waals surface area contributed by atoms with Crippen molar-refractivity contribution in [2.45, 2.75) is 78.7 Å². The largest absolute Gasteiger partial charge is 0.507 e. The highest BCUT2D eigenvalue weighted by Gasteiger charge is 2.52. The van der Waals surface area contributed by atoms with Gasteiger partial charge in [0.05, 0.1) is 59.2 Å². The van der Waals surface area contributed by atoms with Crippen LogP contribution in [0.1, 0.15) is 78.2 Å². The molecule has 15 nitrogen and oxygen atoms in total. The van der Waals surface area contributed by atoms with Crippen LogP contribution in [-0.2, 0) is 14.3 Å². The first-order chi connectivity index (χ1) is 26.3. The lowest BCUT2D eigenvalue weighted by Crippen LogP contribution is -2.45. The molecule has 5 bridgehead atoms. The Morgan fingerprint density at radius 2 is 1.52 bits per heavy atom. The van der Waals surface area contributed by atoms with Gasteiger partial charge in [-0.1, -0.05) is 45.9 Å². The lowest BCUT2D eigenvalue weighted by atomic mass is 9.78. The SMILES string of the molecule is CO[C@H]1/C=C\O[C@@]2(C)Oc3c(C)c(O)c4c(c3C2=O)C(=O)C(/C=N/N2CCN(C)CC2)=C(NC(=O)/C(C)=C\C=C/[C@H](C)[C@H](O)[C@@H](C)[C@@H](O)[C@@H](C)[C@H](O)[C@@H]1C)C4=O. The van der Waals surface area contributed by atoms with Crippen LogP contribution in [0.5, 0.6) is 11.5 Å². The molecule has 0 saturated carbocycles. The number of hydrogen-bond acceptors (Lipinski definition) is 14. The number of carbonyl (C=O) groups is 4. The predicted molar refractivity (Wildman–Crippen MR) is 206 cm³/mol. The Bertz CT molecular complexity index is 1910. The molecule has 1 aliphatic carbocycles. The van der Waals surface area contributed by atoms with Crippen LogP contribution < -0.4 is 10.1 Å². The first-order valence-corrected chi connectivity index (χ1v) is 18.9. The van der Waals surface area contributed by atoms with Gasteiger partial charge in [0.25, 0.3) is 11.7 Å². The molecule has 6 rings (SSSR count). The lowest BCUT2D eigenvalue weighted by Gasteiger charge is -2.36. The van der Waals surface area contributed by atoms with Crippen molar-refractivity contribution >= 4 is 29.5 Å². The Kier molecular flexibility index (Phi) is 12.8. The second-order valence-electron chi connectivity index (χ2n) is 15.5. The fraction of sp³-hybridized carbons (Fsp3) is 0.537. The number of hydrogen-bond donors (Lipinski definition) is 5. The van der Waals surface area contributed by atoms with Crippen molar-refractivity contribution in [1.82, 2.24) is 15.2 Å². The van der Waals surface area contributed by atoms with Crippen molar-refractivity contribution < 1.29 is 53.8 Å². The Morgan fingerprint density at radius 3 is 2.16 bits per heavy atom. The molecule has 1 saturated heterocycles. The molecule has 56 heavy (non-hydrogen) atoms. The summed E-state index contributed by atoms with van der Waals surface area (Å²) in [7, 11) is 3.39. The van der Waals surface area contributed by atoms with Gasteiger partial charge in [0.2, 0.25) is 5.78 Å². The summed E-state index contributed by atoms with van der Waals surface area (Å²) < 4.78 is 17.6. The molecule has 4 aliphatic heterocycles. The Labute approximate surface area is 327 Å². The number of allylic oxidation sites excluding steroid dienone is 4. The summed E-state index contributed by atoms with van der Waals surface area (Å²) in [6.07, 6.45) is 4.49. The van der Waals surface area contributed by atoms with Crippen molar-refractivity contribution in [2.24, 2.45) is 28.8 Å². The van der Waals surface area contributed by atoms with E-state index >= 15 is 0 Å². The molecular weight excluding hydrogens is 724 g/mol. The van der Waals surface area contributed by atoms with E-state index in [1.54, 1.807) is 44.9 Å². The van der Waals surface area contributed by atoms with Crippen LogP contribution in [0.15, 0.2) is 52.5 Å². The molecule has 0 aromatic heterocycles. The highest BCUT2D eigenvalue weighted by molar-refractivity contribution is 6.37. The number of Topliss-reactive ketones (excluding diaryl/α,β-unsaturated/α-hetero) is 3. The minimum absolute atomic E-state index is 0.00103. The summed E-state index contributed by atoms with van der Waals surface area (Å²) >= 11 is 0. The van der Waals surface area contributed by atoms with E-state index in [9.17, 15) is 39.6 Å². The number of ether oxygens (including phenoxy) is 3. The second kappa shape index (κ2) is 16.8. The van der Waals surface area contributed by atoms with Crippen LogP contribution >= 0.6 is 0 Å². The molecule has 0 unspecified atom stereocenters. The fourth-order valence-electron chi connectivity index (χ4n) is 7.50. The number of rotatable bonds is 3. The number of likely N-dealkylation sites (N-methyl/N-ethyl adjacent to an activating group) is 1. The monoisotopic (exact) mass is 778 g/mol. The smallest absolute Gasteiger partial charge is 0.312 e. The van der Waals surface area contributed by atoms with Gasteiger partial charge in [-0.2, -0.15) is 5.10 Å². The minimum atomic E-state index is -2.06. The molecule has 5 aliphatic rings. The van der Waals surface area contributed by atoms with E-state index in [-0.39, 0.29) is 28.0 Å². The third-order valence-corrected chi connectivity index (χ3v) is 11.6. The molecule has 1 aromatic carbocycles. The lowest BCUT2D eigenvalue weighted by molar-refractivity contribution is -0.116. The van der Waals surface area contributed by atoms with Crippen LogP contribution in [0.3, 0.4) is 0 Å². The molecule has 4 heterocycles. The van der Waals surface area contributed by atoms with Crippen LogP contribution in [0.25, 0.3) is 0 Å². The second-order valence-corrected chi connectivity index (χ2v) is 15.5. The molecule has 9 atom stereocenters. The zero-order valence-electron chi connectivity index (χ0n) is 33.4. The number of amides is 1. The van der Waals surface area contributed by atoms with Crippen molar-refractivity contribution in [3.05, 3.63) is 69.7 Å². The van der Waals surface area contributed by atoms with Crippen LogP contribution in [-0.4, -0.2) is 130 Å². The van der Waals surface area contributed by atoms with Crippen molar-refractivity contribution in [3.63, 3.8) is 0 Å². The average Bonchev–Trinajstić information content (AvgIpc) is 3.44. The number of aliphatic hydroxyl groups is 3. The van der Waals surface area contributed by atoms with Crippen LogP contribution in [0, 0.1) is 30.6 Å². The molecule has 0 radical (unpaired) electrons. The number of piperazine rings is 1. The number of ketones is 3.